The monoisotopic (exact) mass is 308 g/mol. The maximum atomic E-state index is 12.7. The zero-order valence-corrected chi connectivity index (χ0v) is 13.1. The van der Waals surface area contributed by atoms with E-state index in [0.717, 1.165) is 0 Å². The maximum Gasteiger partial charge on any atom is 0.340 e. The molecule has 1 aromatic carbocycles. The first kappa shape index (κ1) is 16.3. The van der Waals surface area contributed by atoms with Crippen molar-refractivity contribution in [1.82, 2.24) is 0 Å². The van der Waals surface area contributed by atoms with Gasteiger partial charge in [0, 0.05) is 45.5 Å². The molecule has 22 heavy (non-hydrogen) atoms. The Balaban J connectivity index is 2.61. The molecule has 0 radical (unpaired) electrons. The van der Waals surface area contributed by atoms with Crippen molar-refractivity contribution in [2.45, 2.75) is 12.0 Å². The average Bonchev–Trinajstić information content (AvgIpc) is 2.73. The molecule has 1 aliphatic heterocycles. The number of rotatable bonds is 5. The number of benzene rings is 1. The predicted molar refractivity (Wildman–Crippen MR) is 80.8 cm³/mol. The van der Waals surface area contributed by atoms with Gasteiger partial charge in [-0.15, -0.1) is 0 Å². The van der Waals surface area contributed by atoms with Gasteiger partial charge in [0.15, 0.2) is 5.60 Å². The number of carbonyl (C=O) groups is 2. The summed E-state index contributed by atoms with van der Waals surface area (Å²) in [5.74, 6) is -0.767. The van der Waals surface area contributed by atoms with Crippen LogP contribution in [0, 0.1) is 0 Å². The number of anilines is 2. The van der Waals surface area contributed by atoms with Gasteiger partial charge in [-0.3, -0.25) is 4.79 Å². The largest absolute Gasteiger partial charge is 0.465 e. The fraction of sp³-hybridized carbons (Fsp3) is 0.467. The molecule has 2 N–H and O–H groups in total. The van der Waals surface area contributed by atoms with Crippen molar-refractivity contribution >= 4 is 23.3 Å². The van der Waals surface area contributed by atoms with E-state index in [4.69, 9.17) is 19.9 Å². The van der Waals surface area contributed by atoms with Gasteiger partial charge in [-0.25, -0.2) is 4.79 Å². The van der Waals surface area contributed by atoms with Crippen molar-refractivity contribution in [2.24, 2.45) is 0 Å². The summed E-state index contributed by atoms with van der Waals surface area (Å²) in [6, 6.07) is 3.16. The molecule has 0 bridgehead atoms. The average molecular weight is 308 g/mol. The van der Waals surface area contributed by atoms with E-state index in [1.165, 1.54) is 19.1 Å². The van der Waals surface area contributed by atoms with Crippen LogP contribution in [-0.2, 0) is 24.6 Å². The van der Waals surface area contributed by atoms with Crippen molar-refractivity contribution in [3.05, 3.63) is 23.3 Å². The zero-order chi connectivity index (χ0) is 16.5. The molecule has 1 amide bonds. The normalized spacial score (nSPS) is 20.2. The number of likely N-dealkylation sites (N-methyl/N-ethyl adjacent to an activating group) is 1. The van der Waals surface area contributed by atoms with Crippen LogP contribution in [0.25, 0.3) is 0 Å². The Morgan fingerprint density at radius 3 is 2.55 bits per heavy atom. The molecule has 1 atom stereocenters. The summed E-state index contributed by atoms with van der Waals surface area (Å²) in [5.41, 5.74) is 6.47. The highest BCUT2D eigenvalue weighted by Gasteiger charge is 2.50. The molecule has 1 heterocycles. The van der Waals surface area contributed by atoms with Crippen molar-refractivity contribution in [3.8, 4) is 0 Å². The van der Waals surface area contributed by atoms with E-state index in [9.17, 15) is 9.59 Å². The van der Waals surface area contributed by atoms with Crippen molar-refractivity contribution in [2.75, 3.05) is 45.6 Å². The van der Waals surface area contributed by atoms with Gasteiger partial charge in [0.05, 0.1) is 18.4 Å². The lowest BCUT2D eigenvalue weighted by Crippen LogP contribution is -2.41. The van der Waals surface area contributed by atoms with Crippen LogP contribution in [0.15, 0.2) is 12.1 Å². The van der Waals surface area contributed by atoms with Crippen LogP contribution in [0.4, 0.5) is 11.4 Å². The number of hydrogen-bond acceptors (Lipinski definition) is 6. The summed E-state index contributed by atoms with van der Waals surface area (Å²) in [7, 11) is 5.94. The van der Waals surface area contributed by atoms with Gasteiger partial charge >= 0.3 is 5.97 Å². The van der Waals surface area contributed by atoms with Gasteiger partial charge in [-0.05, 0) is 12.1 Å². The molecule has 1 aliphatic rings. The third kappa shape index (κ3) is 2.22. The van der Waals surface area contributed by atoms with Crippen LogP contribution in [-0.4, -0.2) is 46.9 Å². The third-order valence-electron chi connectivity index (χ3n) is 4.03. The van der Waals surface area contributed by atoms with Gasteiger partial charge in [0.25, 0.3) is 5.91 Å². The molecule has 0 spiro atoms. The SMILES string of the molecule is COCCC1(OC)C(=O)N(C)c2cc(C(=O)OC)c(N)cc21. The third-order valence-corrected chi connectivity index (χ3v) is 4.03. The zero-order valence-electron chi connectivity index (χ0n) is 13.1. The molecule has 7 nitrogen and oxygen atoms in total. The van der Waals surface area contributed by atoms with Crippen molar-refractivity contribution in [1.29, 1.82) is 0 Å². The summed E-state index contributed by atoms with van der Waals surface area (Å²) in [4.78, 5) is 25.9. The number of fused-ring (bicyclic) bond motifs is 1. The number of carbonyl (C=O) groups excluding carboxylic acids is 2. The highest BCUT2D eigenvalue weighted by molar-refractivity contribution is 6.09. The van der Waals surface area contributed by atoms with E-state index < -0.39 is 11.6 Å². The number of methoxy groups -OCH3 is 3. The Hall–Kier alpha value is -2.12. The molecular formula is C15H20N2O5. The summed E-state index contributed by atoms with van der Waals surface area (Å²) < 4.78 is 15.3. The first-order valence-corrected chi connectivity index (χ1v) is 6.77. The Morgan fingerprint density at radius 1 is 1.32 bits per heavy atom. The second-order valence-electron chi connectivity index (χ2n) is 5.09. The summed E-state index contributed by atoms with van der Waals surface area (Å²) in [5, 5.41) is 0. The number of hydrogen-bond donors (Lipinski definition) is 1. The second-order valence-corrected chi connectivity index (χ2v) is 5.09. The topological polar surface area (TPSA) is 91.1 Å². The molecule has 0 saturated carbocycles. The minimum Gasteiger partial charge on any atom is -0.465 e. The molecule has 0 fully saturated rings. The number of nitrogens with two attached hydrogens (primary N) is 1. The van der Waals surface area contributed by atoms with E-state index in [1.807, 2.05) is 0 Å². The van der Waals surface area contributed by atoms with Crippen LogP contribution < -0.4 is 10.6 Å². The quantitative estimate of drug-likeness (QED) is 0.642. The fourth-order valence-electron chi connectivity index (χ4n) is 2.77. The number of ether oxygens (including phenoxy) is 3. The Labute approximate surface area is 128 Å². The van der Waals surface area contributed by atoms with E-state index in [1.54, 1.807) is 26.3 Å². The van der Waals surface area contributed by atoms with Crippen LogP contribution in [0.1, 0.15) is 22.3 Å². The Kier molecular flexibility index (Phi) is 4.39. The van der Waals surface area contributed by atoms with Crippen LogP contribution >= 0.6 is 0 Å². The molecular weight excluding hydrogens is 288 g/mol. The molecule has 1 aromatic rings. The van der Waals surface area contributed by atoms with E-state index >= 15 is 0 Å². The molecule has 2 rings (SSSR count). The first-order chi connectivity index (χ1) is 10.4. The lowest BCUT2D eigenvalue weighted by Gasteiger charge is -2.26. The summed E-state index contributed by atoms with van der Waals surface area (Å²) in [6.45, 7) is 0.353. The molecule has 1 unspecified atom stereocenters. The minimum atomic E-state index is -1.15. The van der Waals surface area contributed by atoms with Gasteiger partial charge in [0.1, 0.15) is 0 Å². The van der Waals surface area contributed by atoms with Crippen molar-refractivity contribution in [3.63, 3.8) is 0 Å². The smallest absolute Gasteiger partial charge is 0.340 e. The van der Waals surface area contributed by atoms with Gasteiger partial charge < -0.3 is 24.8 Å². The first-order valence-electron chi connectivity index (χ1n) is 6.77. The number of amides is 1. The van der Waals surface area contributed by atoms with Gasteiger partial charge in [-0.1, -0.05) is 0 Å². The summed E-state index contributed by atoms with van der Waals surface area (Å²) in [6.07, 6.45) is 0.354. The van der Waals surface area contributed by atoms with E-state index in [-0.39, 0.29) is 17.2 Å². The second kappa shape index (κ2) is 5.94. The van der Waals surface area contributed by atoms with Crippen LogP contribution in [0.3, 0.4) is 0 Å². The lowest BCUT2D eigenvalue weighted by molar-refractivity contribution is -0.141. The molecule has 0 saturated heterocycles. The number of nitrogens with zero attached hydrogens (tertiary/aromatic N) is 1. The lowest BCUT2D eigenvalue weighted by atomic mass is 9.90. The number of nitrogen functional groups attached to an aromatic ring is 1. The minimum absolute atomic E-state index is 0.219. The van der Waals surface area contributed by atoms with Crippen LogP contribution in [0.5, 0.6) is 0 Å². The molecule has 0 aromatic heterocycles. The highest BCUT2D eigenvalue weighted by Crippen LogP contribution is 2.45. The predicted octanol–water partition coefficient (Wildman–Crippen LogP) is 0.910. The summed E-state index contributed by atoms with van der Waals surface area (Å²) >= 11 is 0. The molecule has 7 heteroatoms. The van der Waals surface area contributed by atoms with E-state index in [2.05, 4.69) is 0 Å². The Morgan fingerprint density at radius 2 is 2.00 bits per heavy atom. The number of esters is 1. The van der Waals surface area contributed by atoms with E-state index in [0.29, 0.717) is 24.3 Å². The fourth-order valence-corrected chi connectivity index (χ4v) is 2.77. The highest BCUT2D eigenvalue weighted by atomic mass is 16.5. The standard InChI is InChI=1S/C15H20N2O5/c1-17-12-7-9(13(18)21-3)11(16)8-10(12)15(22-4,14(17)19)5-6-20-2/h7-8H,5-6,16H2,1-4H3. The van der Waals surface area contributed by atoms with Crippen molar-refractivity contribution < 1.29 is 23.8 Å². The van der Waals surface area contributed by atoms with Gasteiger partial charge in [0.2, 0.25) is 0 Å². The maximum absolute atomic E-state index is 12.7. The molecule has 0 aliphatic carbocycles. The molecule has 120 valence electrons. The van der Waals surface area contributed by atoms with Gasteiger partial charge in [-0.2, -0.15) is 0 Å². The Bertz CT molecular complexity index is 616. The van der Waals surface area contributed by atoms with Crippen LogP contribution in [0.2, 0.25) is 0 Å².